The molecule has 0 aromatic heterocycles. The van der Waals surface area contributed by atoms with Gasteiger partial charge in [-0.2, -0.15) is 0 Å². The fraction of sp³-hybridized carbons (Fsp3) is 0.533. The number of aldehydes is 1. The van der Waals surface area contributed by atoms with Crippen LogP contribution < -0.4 is 4.74 Å². The van der Waals surface area contributed by atoms with Gasteiger partial charge in [-0.05, 0) is 30.5 Å². The first-order chi connectivity index (χ1) is 8.83. The molecule has 0 bridgehead atoms. The van der Waals surface area contributed by atoms with Gasteiger partial charge in [-0.25, -0.2) is 0 Å². The fourth-order valence-corrected chi connectivity index (χ4v) is 2.20. The second-order valence-corrected chi connectivity index (χ2v) is 4.83. The van der Waals surface area contributed by atoms with Crippen LogP contribution in [0.25, 0.3) is 0 Å². The summed E-state index contributed by atoms with van der Waals surface area (Å²) < 4.78 is 10.9. The summed E-state index contributed by atoms with van der Waals surface area (Å²) in [6, 6.07) is 5.40. The molecule has 0 radical (unpaired) electrons. The number of benzene rings is 1. The Morgan fingerprint density at radius 1 is 1.39 bits per heavy atom. The van der Waals surface area contributed by atoms with E-state index in [-0.39, 0.29) is 0 Å². The number of carbonyl (C=O) groups excluding carboxylic acids is 1. The van der Waals surface area contributed by atoms with Crippen molar-refractivity contribution in [2.45, 2.75) is 32.3 Å². The molecule has 18 heavy (non-hydrogen) atoms. The SMILES string of the molecule is COc1ccc(C=O)cc1COCCC1CCC1. The van der Waals surface area contributed by atoms with Crippen LogP contribution in [0, 0.1) is 5.92 Å². The zero-order valence-electron chi connectivity index (χ0n) is 10.9. The molecule has 1 fully saturated rings. The van der Waals surface area contributed by atoms with Gasteiger partial charge >= 0.3 is 0 Å². The van der Waals surface area contributed by atoms with Gasteiger partial charge in [0.2, 0.25) is 0 Å². The summed E-state index contributed by atoms with van der Waals surface area (Å²) in [5, 5.41) is 0. The summed E-state index contributed by atoms with van der Waals surface area (Å²) >= 11 is 0. The van der Waals surface area contributed by atoms with Crippen molar-refractivity contribution in [3.63, 3.8) is 0 Å². The fourth-order valence-electron chi connectivity index (χ4n) is 2.20. The van der Waals surface area contributed by atoms with Gasteiger partial charge in [0.25, 0.3) is 0 Å². The maximum Gasteiger partial charge on any atom is 0.150 e. The first kappa shape index (κ1) is 13.1. The molecule has 1 aliphatic carbocycles. The van der Waals surface area contributed by atoms with E-state index >= 15 is 0 Å². The van der Waals surface area contributed by atoms with Crippen LogP contribution in [0.4, 0.5) is 0 Å². The molecule has 0 spiro atoms. The Hall–Kier alpha value is -1.35. The minimum atomic E-state index is 0.511. The van der Waals surface area contributed by atoms with Crippen molar-refractivity contribution >= 4 is 6.29 Å². The Bertz CT molecular complexity index is 397. The standard InChI is InChI=1S/C15H20O3/c1-17-15-6-5-13(10-16)9-14(15)11-18-8-7-12-3-2-4-12/h5-6,9-10,12H,2-4,7-8,11H2,1H3. The molecule has 0 saturated heterocycles. The van der Waals surface area contributed by atoms with Gasteiger partial charge < -0.3 is 9.47 Å². The molecule has 0 atom stereocenters. The minimum absolute atomic E-state index is 0.511. The van der Waals surface area contributed by atoms with Gasteiger partial charge in [-0.3, -0.25) is 4.79 Å². The monoisotopic (exact) mass is 248 g/mol. The van der Waals surface area contributed by atoms with E-state index in [0.717, 1.165) is 36.5 Å². The topological polar surface area (TPSA) is 35.5 Å². The average molecular weight is 248 g/mol. The number of ether oxygens (including phenoxy) is 2. The Morgan fingerprint density at radius 2 is 2.22 bits per heavy atom. The van der Waals surface area contributed by atoms with Crippen molar-refractivity contribution in [1.82, 2.24) is 0 Å². The second kappa shape index (κ2) is 6.55. The van der Waals surface area contributed by atoms with Crippen molar-refractivity contribution in [2.75, 3.05) is 13.7 Å². The van der Waals surface area contributed by atoms with E-state index in [9.17, 15) is 4.79 Å². The maximum absolute atomic E-state index is 10.7. The smallest absolute Gasteiger partial charge is 0.150 e. The van der Waals surface area contributed by atoms with Gasteiger partial charge in [0.1, 0.15) is 12.0 Å². The van der Waals surface area contributed by atoms with Gasteiger partial charge in [0, 0.05) is 17.7 Å². The zero-order chi connectivity index (χ0) is 12.8. The van der Waals surface area contributed by atoms with E-state index < -0.39 is 0 Å². The van der Waals surface area contributed by atoms with Gasteiger partial charge in [-0.15, -0.1) is 0 Å². The highest BCUT2D eigenvalue weighted by atomic mass is 16.5. The normalized spacial score (nSPS) is 15.2. The predicted molar refractivity (Wildman–Crippen MR) is 70.0 cm³/mol. The molecule has 0 amide bonds. The molecule has 0 unspecified atom stereocenters. The summed E-state index contributed by atoms with van der Waals surface area (Å²) in [7, 11) is 1.63. The average Bonchev–Trinajstić information content (AvgIpc) is 2.36. The number of rotatable bonds is 7. The molecule has 3 heteroatoms. The molecule has 2 rings (SSSR count). The lowest BCUT2D eigenvalue weighted by Gasteiger charge is -2.24. The van der Waals surface area contributed by atoms with Crippen LogP contribution in [-0.4, -0.2) is 20.0 Å². The van der Waals surface area contributed by atoms with Crippen LogP contribution in [0.3, 0.4) is 0 Å². The van der Waals surface area contributed by atoms with Gasteiger partial charge in [0.15, 0.2) is 0 Å². The quantitative estimate of drug-likeness (QED) is 0.549. The third-order valence-corrected chi connectivity index (χ3v) is 3.59. The molecule has 0 aliphatic heterocycles. The summed E-state index contributed by atoms with van der Waals surface area (Å²) in [5.74, 6) is 1.65. The van der Waals surface area contributed by atoms with Crippen LogP contribution in [0.2, 0.25) is 0 Å². The van der Waals surface area contributed by atoms with Crippen molar-refractivity contribution in [1.29, 1.82) is 0 Å². The molecular formula is C15H20O3. The van der Waals surface area contributed by atoms with E-state index in [1.807, 2.05) is 12.1 Å². The first-order valence-corrected chi connectivity index (χ1v) is 6.53. The third kappa shape index (κ3) is 3.33. The molecule has 1 aromatic carbocycles. The molecule has 1 aromatic rings. The predicted octanol–water partition coefficient (Wildman–Crippen LogP) is 3.21. The van der Waals surface area contributed by atoms with Crippen molar-refractivity contribution in [3.8, 4) is 5.75 Å². The van der Waals surface area contributed by atoms with E-state index in [1.54, 1.807) is 13.2 Å². The highest BCUT2D eigenvalue weighted by Gasteiger charge is 2.16. The maximum atomic E-state index is 10.7. The van der Waals surface area contributed by atoms with Crippen LogP contribution in [0.5, 0.6) is 5.75 Å². The first-order valence-electron chi connectivity index (χ1n) is 6.53. The van der Waals surface area contributed by atoms with Crippen molar-refractivity contribution in [2.24, 2.45) is 5.92 Å². The molecule has 98 valence electrons. The third-order valence-electron chi connectivity index (χ3n) is 3.59. The van der Waals surface area contributed by atoms with Crippen LogP contribution >= 0.6 is 0 Å². The van der Waals surface area contributed by atoms with Crippen molar-refractivity contribution < 1.29 is 14.3 Å². The van der Waals surface area contributed by atoms with E-state index in [2.05, 4.69) is 0 Å². The Balaban J connectivity index is 1.83. The van der Waals surface area contributed by atoms with Crippen LogP contribution in [-0.2, 0) is 11.3 Å². The second-order valence-electron chi connectivity index (χ2n) is 4.83. The van der Waals surface area contributed by atoms with Crippen molar-refractivity contribution in [3.05, 3.63) is 29.3 Å². The molecule has 1 aliphatic rings. The zero-order valence-corrected chi connectivity index (χ0v) is 10.9. The van der Waals surface area contributed by atoms with Crippen LogP contribution in [0.15, 0.2) is 18.2 Å². The van der Waals surface area contributed by atoms with Gasteiger partial charge in [0.05, 0.1) is 13.7 Å². The summed E-state index contributed by atoms with van der Waals surface area (Å²) in [5.41, 5.74) is 1.60. The van der Waals surface area contributed by atoms with Crippen LogP contribution in [0.1, 0.15) is 41.6 Å². The van der Waals surface area contributed by atoms with E-state index in [1.165, 1.54) is 19.3 Å². The lowest BCUT2D eigenvalue weighted by Crippen LogP contribution is -2.13. The van der Waals surface area contributed by atoms with E-state index in [0.29, 0.717) is 12.2 Å². The molecule has 1 saturated carbocycles. The number of hydrogen-bond donors (Lipinski definition) is 0. The van der Waals surface area contributed by atoms with E-state index in [4.69, 9.17) is 9.47 Å². The Kier molecular flexibility index (Phi) is 4.76. The molecular weight excluding hydrogens is 228 g/mol. The minimum Gasteiger partial charge on any atom is -0.496 e. The number of hydrogen-bond acceptors (Lipinski definition) is 3. The Morgan fingerprint density at radius 3 is 2.83 bits per heavy atom. The molecule has 0 N–H and O–H groups in total. The highest BCUT2D eigenvalue weighted by molar-refractivity contribution is 5.75. The summed E-state index contributed by atoms with van der Waals surface area (Å²) in [4.78, 5) is 10.7. The highest BCUT2D eigenvalue weighted by Crippen LogP contribution is 2.29. The molecule has 3 nitrogen and oxygen atoms in total. The summed E-state index contributed by atoms with van der Waals surface area (Å²) in [6.45, 7) is 1.30. The Labute approximate surface area is 108 Å². The lowest BCUT2D eigenvalue weighted by molar-refractivity contribution is 0.0935. The number of methoxy groups -OCH3 is 1. The lowest BCUT2D eigenvalue weighted by atomic mass is 9.83. The largest absolute Gasteiger partial charge is 0.496 e. The van der Waals surface area contributed by atoms with Gasteiger partial charge in [-0.1, -0.05) is 19.3 Å². The number of carbonyl (C=O) groups is 1. The summed E-state index contributed by atoms with van der Waals surface area (Å²) in [6.07, 6.45) is 6.08. The molecule has 0 heterocycles.